The monoisotopic (exact) mass is 226 g/mol. The van der Waals surface area contributed by atoms with Gasteiger partial charge in [-0.2, -0.15) is 13.2 Å². The molecule has 0 aromatic heterocycles. The Morgan fingerprint density at radius 3 is 2.13 bits per heavy atom. The Balaban J connectivity index is 2.83. The van der Waals surface area contributed by atoms with Crippen molar-refractivity contribution in [2.24, 2.45) is 17.3 Å². The average molecular weight is 226 g/mol. The van der Waals surface area contributed by atoms with Crippen molar-refractivity contribution in [2.45, 2.75) is 20.0 Å². The van der Waals surface area contributed by atoms with E-state index in [0.29, 0.717) is 6.08 Å². The van der Waals surface area contributed by atoms with Crippen LogP contribution in [0.1, 0.15) is 13.8 Å². The molecule has 1 rings (SSSR count). The first kappa shape index (κ1) is 12.0. The predicted molar refractivity (Wildman–Crippen MR) is 43.6 cm³/mol. The second-order valence-corrected chi connectivity index (χ2v) is 4.18. The van der Waals surface area contributed by atoms with Crippen molar-refractivity contribution in [3.63, 3.8) is 0 Å². The van der Waals surface area contributed by atoms with E-state index in [4.69, 9.17) is 5.11 Å². The highest BCUT2D eigenvalue weighted by atomic mass is 19.4. The Morgan fingerprint density at radius 1 is 1.40 bits per heavy atom. The summed E-state index contributed by atoms with van der Waals surface area (Å²) in [5.41, 5.74) is -0.811. The molecule has 0 aliphatic heterocycles. The third kappa shape index (κ3) is 2.13. The van der Waals surface area contributed by atoms with Crippen molar-refractivity contribution >= 4 is 5.97 Å². The van der Waals surface area contributed by atoms with Gasteiger partial charge in [0.25, 0.3) is 0 Å². The van der Waals surface area contributed by atoms with Crippen LogP contribution in [0.2, 0.25) is 0 Å². The normalized spacial score (nSPS) is 30.1. The second kappa shape index (κ2) is 3.21. The van der Waals surface area contributed by atoms with Gasteiger partial charge in [-0.1, -0.05) is 13.8 Å². The molecule has 0 radical (unpaired) electrons. The van der Waals surface area contributed by atoms with Crippen molar-refractivity contribution < 1.29 is 27.5 Å². The predicted octanol–water partition coefficient (Wildman–Crippen LogP) is 2.76. The van der Waals surface area contributed by atoms with Crippen LogP contribution in [0.15, 0.2) is 11.9 Å². The van der Waals surface area contributed by atoms with Crippen molar-refractivity contribution in [2.75, 3.05) is 0 Å². The zero-order valence-corrected chi connectivity index (χ0v) is 8.10. The number of hydrogen-bond donors (Lipinski definition) is 1. The Morgan fingerprint density at radius 2 is 1.87 bits per heavy atom. The Hall–Kier alpha value is -1.07. The summed E-state index contributed by atoms with van der Waals surface area (Å²) >= 11 is 0. The quantitative estimate of drug-likeness (QED) is 0.735. The summed E-state index contributed by atoms with van der Waals surface area (Å²) in [6.45, 7) is 2.99. The highest BCUT2D eigenvalue weighted by molar-refractivity contribution is 5.76. The van der Waals surface area contributed by atoms with Crippen molar-refractivity contribution in [1.29, 1.82) is 0 Å². The summed E-state index contributed by atoms with van der Waals surface area (Å²) in [6.07, 6.45) is -4.67. The molecule has 1 fully saturated rings. The summed E-state index contributed by atoms with van der Waals surface area (Å²) in [5.74, 6) is -5.25. The molecule has 86 valence electrons. The number of alkyl halides is 3. The third-order valence-corrected chi connectivity index (χ3v) is 2.77. The fourth-order valence-electron chi connectivity index (χ4n) is 1.71. The van der Waals surface area contributed by atoms with E-state index in [-0.39, 0.29) is 0 Å². The first-order chi connectivity index (χ1) is 6.58. The lowest BCUT2D eigenvalue weighted by Crippen LogP contribution is -2.08. The van der Waals surface area contributed by atoms with Crippen molar-refractivity contribution in [1.82, 2.24) is 0 Å². The molecule has 2 atom stereocenters. The van der Waals surface area contributed by atoms with Crippen LogP contribution >= 0.6 is 0 Å². The first-order valence-electron chi connectivity index (χ1n) is 4.26. The number of carboxylic acids is 1. The molecular formula is C9H10F4O2. The maximum absolute atomic E-state index is 12.5. The summed E-state index contributed by atoms with van der Waals surface area (Å²) in [5, 5.41) is 8.64. The molecule has 1 N–H and O–H groups in total. The minimum Gasteiger partial charge on any atom is -0.481 e. The number of carbonyl (C=O) groups is 1. The molecule has 0 unspecified atom stereocenters. The SMILES string of the molecule is CC1(C)[C@@H](/C=C(\F)C(F)(F)F)[C@@H]1C(=O)O. The molecule has 15 heavy (non-hydrogen) atoms. The van der Waals surface area contributed by atoms with Crippen LogP contribution in [0.3, 0.4) is 0 Å². The first-order valence-corrected chi connectivity index (χ1v) is 4.26. The molecule has 0 spiro atoms. The Labute approximate surface area is 83.6 Å². The van der Waals surface area contributed by atoms with Crippen LogP contribution in [-0.2, 0) is 4.79 Å². The molecule has 0 amide bonds. The summed E-state index contributed by atoms with van der Waals surface area (Å²) in [6, 6.07) is 0. The molecule has 0 saturated heterocycles. The van der Waals surface area contributed by atoms with Gasteiger partial charge in [-0.3, -0.25) is 4.79 Å². The molecule has 0 aromatic rings. The van der Waals surface area contributed by atoms with E-state index in [2.05, 4.69) is 0 Å². The highest BCUT2D eigenvalue weighted by Gasteiger charge is 2.61. The second-order valence-electron chi connectivity index (χ2n) is 4.18. The molecule has 6 heteroatoms. The zero-order chi connectivity index (χ0) is 12.0. The van der Waals surface area contributed by atoms with E-state index in [1.807, 2.05) is 0 Å². The maximum Gasteiger partial charge on any atom is 0.442 e. The van der Waals surface area contributed by atoms with Gasteiger partial charge in [0.1, 0.15) is 0 Å². The smallest absolute Gasteiger partial charge is 0.442 e. The zero-order valence-electron chi connectivity index (χ0n) is 8.10. The molecular weight excluding hydrogens is 216 g/mol. The topological polar surface area (TPSA) is 37.3 Å². The van der Waals surface area contributed by atoms with E-state index < -0.39 is 35.2 Å². The Bertz CT molecular complexity index is 317. The van der Waals surface area contributed by atoms with Crippen LogP contribution in [0.4, 0.5) is 17.6 Å². The Kier molecular flexibility index (Phi) is 2.57. The van der Waals surface area contributed by atoms with Crippen molar-refractivity contribution in [3.05, 3.63) is 11.9 Å². The van der Waals surface area contributed by atoms with Gasteiger partial charge in [0.05, 0.1) is 5.92 Å². The minimum atomic E-state index is -5.03. The van der Waals surface area contributed by atoms with Crippen LogP contribution in [-0.4, -0.2) is 17.3 Å². The molecule has 0 heterocycles. The molecule has 0 bridgehead atoms. The van der Waals surface area contributed by atoms with Gasteiger partial charge < -0.3 is 5.11 Å². The van der Waals surface area contributed by atoms with Crippen LogP contribution < -0.4 is 0 Å². The fraction of sp³-hybridized carbons (Fsp3) is 0.667. The fourth-order valence-corrected chi connectivity index (χ4v) is 1.71. The van der Waals surface area contributed by atoms with Gasteiger partial charge in [0.15, 0.2) is 5.83 Å². The summed E-state index contributed by atoms with van der Waals surface area (Å²) < 4.78 is 48.0. The van der Waals surface area contributed by atoms with Gasteiger partial charge in [-0.25, -0.2) is 4.39 Å². The van der Waals surface area contributed by atoms with E-state index in [1.165, 1.54) is 13.8 Å². The van der Waals surface area contributed by atoms with E-state index >= 15 is 0 Å². The van der Waals surface area contributed by atoms with Gasteiger partial charge >= 0.3 is 12.1 Å². The van der Waals surface area contributed by atoms with Gasteiger partial charge in [-0.15, -0.1) is 0 Å². The number of aliphatic carboxylic acids is 1. The van der Waals surface area contributed by atoms with E-state index in [9.17, 15) is 22.4 Å². The standard InChI is InChI=1S/C9H10F4O2/c1-8(2)4(6(8)7(14)15)3-5(10)9(11,12)13/h3-4,6H,1-2H3,(H,14,15)/b5-3-/t4-,6+/m0/s1. The van der Waals surface area contributed by atoms with Crippen LogP contribution in [0.5, 0.6) is 0 Å². The molecule has 1 saturated carbocycles. The van der Waals surface area contributed by atoms with E-state index in [1.54, 1.807) is 0 Å². The molecule has 1 aliphatic carbocycles. The molecule has 1 aliphatic rings. The maximum atomic E-state index is 12.5. The minimum absolute atomic E-state index is 0.360. The number of halogens is 4. The molecule has 0 aromatic carbocycles. The molecule has 2 nitrogen and oxygen atoms in total. The van der Waals surface area contributed by atoms with Crippen LogP contribution in [0.25, 0.3) is 0 Å². The third-order valence-electron chi connectivity index (χ3n) is 2.77. The number of carboxylic acid groups (broad SMARTS) is 1. The van der Waals surface area contributed by atoms with Gasteiger partial charge in [-0.05, 0) is 17.4 Å². The lowest BCUT2D eigenvalue weighted by molar-refractivity contribution is -0.139. The summed E-state index contributed by atoms with van der Waals surface area (Å²) in [4.78, 5) is 10.6. The lowest BCUT2D eigenvalue weighted by Gasteiger charge is -2.02. The largest absolute Gasteiger partial charge is 0.481 e. The number of hydrogen-bond acceptors (Lipinski definition) is 1. The van der Waals surface area contributed by atoms with Gasteiger partial charge in [0.2, 0.25) is 0 Å². The van der Waals surface area contributed by atoms with Gasteiger partial charge in [0, 0.05) is 0 Å². The number of rotatable bonds is 2. The number of allylic oxidation sites excluding steroid dienone is 2. The average Bonchev–Trinajstić information content (AvgIpc) is 2.50. The highest BCUT2D eigenvalue weighted by Crippen LogP contribution is 2.59. The van der Waals surface area contributed by atoms with E-state index in [0.717, 1.165) is 0 Å². The van der Waals surface area contributed by atoms with Crippen molar-refractivity contribution in [3.8, 4) is 0 Å². The van der Waals surface area contributed by atoms with Crippen LogP contribution in [0, 0.1) is 17.3 Å². The lowest BCUT2D eigenvalue weighted by atomic mass is 10.1. The summed E-state index contributed by atoms with van der Waals surface area (Å²) in [7, 11) is 0.